The number of carboxylic acid groups (broad SMARTS) is 1. The first kappa shape index (κ1) is 10.1. The number of rotatable bonds is 4. The van der Waals surface area contributed by atoms with Crippen molar-refractivity contribution in [3.05, 3.63) is 35.7 Å². The number of aldehydes is 1. The normalized spacial score (nSPS) is 10.3. The lowest BCUT2D eigenvalue weighted by Gasteiger charge is -1.92. The summed E-state index contributed by atoms with van der Waals surface area (Å²) in [6.07, 6.45) is 5.33. The predicted molar refractivity (Wildman–Crippen MR) is 50.9 cm³/mol. The summed E-state index contributed by atoms with van der Waals surface area (Å²) in [5, 5.41) is 8.36. The molecule has 0 bridgehead atoms. The van der Waals surface area contributed by atoms with E-state index >= 15 is 0 Å². The van der Waals surface area contributed by atoms with Crippen molar-refractivity contribution in [2.75, 3.05) is 0 Å². The third-order valence-corrected chi connectivity index (χ3v) is 1.53. The molecule has 0 aliphatic carbocycles. The Hall–Kier alpha value is -1.97. The lowest BCUT2D eigenvalue weighted by atomic mass is 10.2. The fourth-order valence-corrected chi connectivity index (χ4v) is 0.881. The maximum atomic E-state index is 10.3. The van der Waals surface area contributed by atoms with Gasteiger partial charge in [-0.05, 0) is 11.6 Å². The van der Waals surface area contributed by atoms with Crippen molar-refractivity contribution < 1.29 is 14.7 Å². The molecule has 4 nitrogen and oxygen atoms in total. The fourth-order valence-electron chi connectivity index (χ4n) is 0.881. The summed E-state index contributed by atoms with van der Waals surface area (Å²) in [6.45, 7) is 0. The second-order valence-corrected chi connectivity index (χ2v) is 2.63. The highest BCUT2D eigenvalue weighted by atomic mass is 16.4. The summed E-state index contributed by atoms with van der Waals surface area (Å²) < 4.78 is 0. The quantitative estimate of drug-likeness (QED) is 0.730. The minimum Gasteiger partial charge on any atom is -0.481 e. The van der Waals surface area contributed by atoms with Crippen LogP contribution in [-0.4, -0.2) is 22.3 Å². The molecule has 0 saturated heterocycles. The van der Waals surface area contributed by atoms with E-state index in [1.807, 2.05) is 0 Å². The highest BCUT2D eigenvalue weighted by Gasteiger charge is 1.92. The third-order valence-electron chi connectivity index (χ3n) is 1.53. The maximum Gasteiger partial charge on any atom is 0.307 e. The van der Waals surface area contributed by atoms with Crippen LogP contribution in [-0.2, 0) is 4.79 Å². The SMILES string of the molecule is O=Cc1ccc(C=CCC(=O)O)cn1. The average Bonchev–Trinajstić information content (AvgIpc) is 2.18. The van der Waals surface area contributed by atoms with Crippen LogP contribution in [0, 0.1) is 0 Å². The van der Waals surface area contributed by atoms with Gasteiger partial charge in [0.2, 0.25) is 0 Å². The highest BCUT2D eigenvalue weighted by Crippen LogP contribution is 2.01. The van der Waals surface area contributed by atoms with Crippen LogP contribution in [0.1, 0.15) is 22.5 Å². The molecule has 0 spiro atoms. The van der Waals surface area contributed by atoms with Crippen molar-refractivity contribution in [2.24, 2.45) is 0 Å². The van der Waals surface area contributed by atoms with Crippen LogP contribution < -0.4 is 0 Å². The van der Waals surface area contributed by atoms with Gasteiger partial charge in [0.05, 0.1) is 6.42 Å². The summed E-state index contributed by atoms with van der Waals surface area (Å²) in [4.78, 5) is 24.3. The van der Waals surface area contributed by atoms with E-state index in [2.05, 4.69) is 4.98 Å². The average molecular weight is 191 g/mol. The largest absolute Gasteiger partial charge is 0.481 e. The van der Waals surface area contributed by atoms with E-state index in [4.69, 9.17) is 5.11 Å². The molecular formula is C10H9NO3. The Morgan fingerprint density at radius 1 is 1.50 bits per heavy atom. The number of carbonyl (C=O) groups excluding carboxylic acids is 1. The number of hydrogen-bond donors (Lipinski definition) is 1. The van der Waals surface area contributed by atoms with Crippen LogP contribution in [0.3, 0.4) is 0 Å². The first-order valence-electron chi connectivity index (χ1n) is 4.02. The number of aromatic nitrogens is 1. The van der Waals surface area contributed by atoms with Gasteiger partial charge in [-0.2, -0.15) is 0 Å². The lowest BCUT2D eigenvalue weighted by molar-refractivity contribution is -0.135. The molecule has 0 saturated carbocycles. The van der Waals surface area contributed by atoms with Gasteiger partial charge in [0, 0.05) is 6.20 Å². The van der Waals surface area contributed by atoms with Crippen molar-refractivity contribution >= 4 is 18.3 Å². The van der Waals surface area contributed by atoms with Gasteiger partial charge in [-0.25, -0.2) is 0 Å². The summed E-state index contributed by atoms with van der Waals surface area (Å²) >= 11 is 0. The Balaban J connectivity index is 2.63. The molecule has 0 fully saturated rings. The zero-order chi connectivity index (χ0) is 10.4. The lowest BCUT2D eigenvalue weighted by Crippen LogP contribution is -1.90. The van der Waals surface area contributed by atoms with E-state index in [-0.39, 0.29) is 6.42 Å². The minimum atomic E-state index is -0.876. The molecule has 4 heteroatoms. The second kappa shape index (κ2) is 4.91. The molecule has 14 heavy (non-hydrogen) atoms. The van der Waals surface area contributed by atoms with Gasteiger partial charge in [0.1, 0.15) is 5.69 Å². The van der Waals surface area contributed by atoms with Crippen molar-refractivity contribution in [3.8, 4) is 0 Å². The Labute approximate surface area is 80.9 Å². The Bertz CT molecular complexity index is 354. The van der Waals surface area contributed by atoms with Gasteiger partial charge in [0.25, 0.3) is 0 Å². The summed E-state index contributed by atoms with van der Waals surface area (Å²) in [6, 6.07) is 3.28. The first-order chi connectivity index (χ1) is 6.72. The molecular weight excluding hydrogens is 182 g/mol. The van der Waals surface area contributed by atoms with Crippen LogP contribution in [0.4, 0.5) is 0 Å². The highest BCUT2D eigenvalue weighted by molar-refractivity contribution is 5.72. The number of nitrogens with zero attached hydrogens (tertiary/aromatic N) is 1. The van der Waals surface area contributed by atoms with Crippen LogP contribution >= 0.6 is 0 Å². The smallest absolute Gasteiger partial charge is 0.307 e. The maximum absolute atomic E-state index is 10.3. The predicted octanol–water partition coefficient (Wildman–Crippen LogP) is 1.38. The standard InChI is InChI=1S/C10H9NO3/c12-7-9-5-4-8(6-11-9)2-1-3-10(13)14/h1-2,4-7H,3H2,(H,13,14). The molecule has 72 valence electrons. The third kappa shape index (κ3) is 3.18. The van der Waals surface area contributed by atoms with Crippen LogP contribution in [0.25, 0.3) is 6.08 Å². The van der Waals surface area contributed by atoms with Crippen molar-refractivity contribution in [1.82, 2.24) is 4.98 Å². The van der Waals surface area contributed by atoms with Gasteiger partial charge in [-0.15, -0.1) is 0 Å². The molecule has 0 aromatic carbocycles. The number of hydrogen-bond acceptors (Lipinski definition) is 3. The number of pyridine rings is 1. The molecule has 0 atom stereocenters. The zero-order valence-corrected chi connectivity index (χ0v) is 7.38. The molecule has 1 aromatic rings. The number of carbonyl (C=O) groups is 2. The van der Waals surface area contributed by atoms with Crippen molar-refractivity contribution in [3.63, 3.8) is 0 Å². The fraction of sp³-hybridized carbons (Fsp3) is 0.100. The topological polar surface area (TPSA) is 67.3 Å². The molecule has 0 aliphatic heterocycles. The van der Waals surface area contributed by atoms with Gasteiger partial charge in [-0.3, -0.25) is 14.6 Å². The van der Waals surface area contributed by atoms with Crippen LogP contribution in [0.5, 0.6) is 0 Å². The van der Waals surface area contributed by atoms with E-state index < -0.39 is 5.97 Å². The molecule has 0 radical (unpaired) electrons. The molecule has 1 N–H and O–H groups in total. The first-order valence-corrected chi connectivity index (χ1v) is 4.02. The van der Waals surface area contributed by atoms with Crippen molar-refractivity contribution in [1.29, 1.82) is 0 Å². The van der Waals surface area contributed by atoms with Crippen molar-refractivity contribution in [2.45, 2.75) is 6.42 Å². The molecule has 1 rings (SSSR count). The molecule has 0 unspecified atom stereocenters. The number of aliphatic carboxylic acids is 1. The number of carboxylic acids is 1. The van der Waals surface area contributed by atoms with E-state index in [0.29, 0.717) is 12.0 Å². The van der Waals surface area contributed by atoms with Gasteiger partial charge >= 0.3 is 5.97 Å². The second-order valence-electron chi connectivity index (χ2n) is 2.63. The van der Waals surface area contributed by atoms with E-state index in [9.17, 15) is 9.59 Å². The summed E-state index contributed by atoms with van der Waals surface area (Å²) in [5.74, 6) is -0.876. The Morgan fingerprint density at radius 3 is 2.79 bits per heavy atom. The van der Waals surface area contributed by atoms with E-state index in [1.165, 1.54) is 12.3 Å². The Morgan fingerprint density at radius 2 is 2.29 bits per heavy atom. The van der Waals surface area contributed by atoms with Crippen LogP contribution in [0.15, 0.2) is 24.4 Å². The van der Waals surface area contributed by atoms with E-state index in [0.717, 1.165) is 5.56 Å². The van der Waals surface area contributed by atoms with Gasteiger partial charge in [0.15, 0.2) is 6.29 Å². The van der Waals surface area contributed by atoms with Crippen LogP contribution in [0.2, 0.25) is 0 Å². The summed E-state index contributed by atoms with van der Waals surface area (Å²) in [5.41, 5.74) is 1.14. The van der Waals surface area contributed by atoms with E-state index in [1.54, 1.807) is 18.2 Å². The summed E-state index contributed by atoms with van der Waals surface area (Å²) in [7, 11) is 0. The van der Waals surface area contributed by atoms with Gasteiger partial charge < -0.3 is 5.11 Å². The Kier molecular flexibility index (Phi) is 3.55. The molecule has 0 amide bonds. The van der Waals surface area contributed by atoms with Gasteiger partial charge in [-0.1, -0.05) is 18.2 Å². The molecule has 1 aromatic heterocycles. The molecule has 1 heterocycles. The zero-order valence-electron chi connectivity index (χ0n) is 7.38. The molecule has 0 aliphatic rings. The minimum absolute atomic E-state index is 0.0184. The monoisotopic (exact) mass is 191 g/mol.